The first kappa shape index (κ1) is 14.3. The normalized spacial score (nSPS) is 16.4. The van der Waals surface area contributed by atoms with Gasteiger partial charge in [0.05, 0.1) is 6.61 Å². The highest BCUT2D eigenvalue weighted by Crippen LogP contribution is 2.29. The molecule has 1 aromatic rings. The fourth-order valence-electron chi connectivity index (χ4n) is 2.50. The Balaban J connectivity index is 0.00000144. The van der Waals surface area contributed by atoms with Crippen LogP contribution >= 0.6 is 12.4 Å². The Morgan fingerprint density at radius 2 is 2.00 bits per heavy atom. The molecule has 0 radical (unpaired) electrons. The minimum absolute atomic E-state index is 0. The molecule has 0 saturated carbocycles. The number of hydrogen-bond acceptors (Lipinski definition) is 2. The number of rotatable bonds is 3. The van der Waals surface area contributed by atoms with Crippen molar-refractivity contribution >= 4 is 12.4 Å². The second-order valence-electron chi connectivity index (χ2n) is 4.48. The van der Waals surface area contributed by atoms with Gasteiger partial charge in [-0.25, -0.2) is 0 Å². The molecule has 0 bridgehead atoms. The summed E-state index contributed by atoms with van der Waals surface area (Å²) >= 11 is 0. The van der Waals surface area contributed by atoms with Crippen molar-refractivity contribution in [3.8, 4) is 5.75 Å². The van der Waals surface area contributed by atoms with Gasteiger partial charge in [0.15, 0.2) is 0 Å². The number of nitrogens with one attached hydrogen (secondary N) is 1. The summed E-state index contributed by atoms with van der Waals surface area (Å²) in [5.74, 6) is 1.73. The van der Waals surface area contributed by atoms with Crippen molar-refractivity contribution in [1.29, 1.82) is 0 Å². The Kier molecular flexibility index (Phi) is 5.79. The third-order valence-electron chi connectivity index (χ3n) is 3.33. The highest BCUT2D eigenvalue weighted by Gasteiger charge is 2.16. The first-order valence-electron chi connectivity index (χ1n) is 6.25. The van der Waals surface area contributed by atoms with Gasteiger partial charge in [0, 0.05) is 0 Å². The molecule has 0 aliphatic carbocycles. The van der Waals surface area contributed by atoms with Gasteiger partial charge in [-0.3, -0.25) is 0 Å². The Morgan fingerprint density at radius 3 is 2.59 bits per heavy atom. The summed E-state index contributed by atoms with van der Waals surface area (Å²) in [5.41, 5.74) is 2.88. The van der Waals surface area contributed by atoms with E-state index in [1.807, 2.05) is 6.92 Å². The molecule has 1 aliphatic heterocycles. The van der Waals surface area contributed by atoms with Gasteiger partial charge in [-0.15, -0.1) is 12.4 Å². The van der Waals surface area contributed by atoms with E-state index in [9.17, 15) is 0 Å². The third-order valence-corrected chi connectivity index (χ3v) is 3.33. The predicted octanol–water partition coefficient (Wildman–Crippen LogP) is 3.28. The zero-order valence-electron chi connectivity index (χ0n) is 10.7. The van der Waals surface area contributed by atoms with Crippen LogP contribution in [0.2, 0.25) is 0 Å². The molecule has 0 amide bonds. The molecular weight excluding hydrogens is 234 g/mol. The first-order chi connectivity index (χ1) is 7.81. The van der Waals surface area contributed by atoms with Gasteiger partial charge in [-0.05, 0) is 69.0 Å². The van der Waals surface area contributed by atoms with Crippen LogP contribution in [0, 0.1) is 6.92 Å². The molecule has 1 saturated heterocycles. The summed E-state index contributed by atoms with van der Waals surface area (Å²) < 4.78 is 5.52. The Morgan fingerprint density at radius 1 is 1.29 bits per heavy atom. The number of halogens is 1. The molecule has 0 aromatic heterocycles. The summed E-state index contributed by atoms with van der Waals surface area (Å²) in [4.78, 5) is 0. The lowest BCUT2D eigenvalue weighted by Crippen LogP contribution is -2.26. The molecule has 1 N–H and O–H groups in total. The fraction of sp³-hybridized carbons (Fsp3) is 0.571. The van der Waals surface area contributed by atoms with E-state index in [0.29, 0.717) is 0 Å². The molecule has 1 aromatic carbocycles. The van der Waals surface area contributed by atoms with Crippen LogP contribution in [0.3, 0.4) is 0 Å². The molecule has 0 spiro atoms. The van der Waals surface area contributed by atoms with Gasteiger partial charge >= 0.3 is 0 Å². The van der Waals surface area contributed by atoms with Crippen LogP contribution in [0.15, 0.2) is 18.2 Å². The van der Waals surface area contributed by atoms with E-state index in [-0.39, 0.29) is 12.4 Å². The average Bonchev–Trinajstić information content (AvgIpc) is 2.31. The summed E-state index contributed by atoms with van der Waals surface area (Å²) in [7, 11) is 0. The van der Waals surface area contributed by atoms with Gasteiger partial charge in [-0.1, -0.05) is 6.07 Å². The average molecular weight is 256 g/mol. The van der Waals surface area contributed by atoms with Crippen molar-refractivity contribution in [2.45, 2.75) is 32.6 Å². The number of ether oxygens (including phenoxy) is 1. The molecule has 0 unspecified atom stereocenters. The summed E-state index contributed by atoms with van der Waals surface area (Å²) in [6, 6.07) is 6.52. The number of benzene rings is 1. The minimum Gasteiger partial charge on any atom is -0.494 e. The first-order valence-corrected chi connectivity index (χ1v) is 6.25. The highest BCUT2D eigenvalue weighted by atomic mass is 35.5. The van der Waals surface area contributed by atoms with Crippen LogP contribution in [0.5, 0.6) is 5.75 Å². The van der Waals surface area contributed by atoms with E-state index in [2.05, 4.69) is 30.4 Å². The van der Waals surface area contributed by atoms with Crippen molar-refractivity contribution in [3.05, 3.63) is 29.3 Å². The van der Waals surface area contributed by atoms with E-state index in [0.717, 1.165) is 31.4 Å². The molecule has 3 heteroatoms. The number of hydrogen-bond donors (Lipinski definition) is 1. The molecule has 1 aliphatic rings. The lowest BCUT2D eigenvalue weighted by molar-refractivity contribution is 0.339. The standard InChI is InChI=1S/C14H21NO.ClH/c1-3-16-13-4-5-14(11(2)10-13)12-6-8-15-9-7-12;/h4-5,10,12,15H,3,6-9H2,1-2H3;1H. The van der Waals surface area contributed by atoms with Gasteiger partial charge in [0.2, 0.25) is 0 Å². The number of aryl methyl sites for hydroxylation is 1. The Bertz CT molecular complexity index is 348. The molecule has 1 fully saturated rings. The largest absolute Gasteiger partial charge is 0.494 e. The molecule has 96 valence electrons. The van der Waals surface area contributed by atoms with E-state index < -0.39 is 0 Å². The second kappa shape index (κ2) is 6.87. The van der Waals surface area contributed by atoms with Gasteiger partial charge in [0.1, 0.15) is 5.75 Å². The van der Waals surface area contributed by atoms with Crippen LogP contribution in [-0.2, 0) is 0 Å². The van der Waals surface area contributed by atoms with E-state index in [1.165, 1.54) is 24.0 Å². The lowest BCUT2D eigenvalue weighted by atomic mass is 9.87. The second-order valence-corrected chi connectivity index (χ2v) is 4.48. The maximum Gasteiger partial charge on any atom is 0.119 e. The van der Waals surface area contributed by atoms with Crippen molar-refractivity contribution in [3.63, 3.8) is 0 Å². The van der Waals surface area contributed by atoms with Crippen molar-refractivity contribution < 1.29 is 4.74 Å². The maximum absolute atomic E-state index is 5.52. The minimum atomic E-state index is 0. The van der Waals surface area contributed by atoms with Gasteiger partial charge < -0.3 is 10.1 Å². The Labute approximate surface area is 110 Å². The quantitative estimate of drug-likeness (QED) is 0.895. The van der Waals surface area contributed by atoms with Crippen molar-refractivity contribution in [2.24, 2.45) is 0 Å². The maximum atomic E-state index is 5.52. The molecule has 2 rings (SSSR count). The van der Waals surface area contributed by atoms with Gasteiger partial charge in [0.25, 0.3) is 0 Å². The summed E-state index contributed by atoms with van der Waals surface area (Å²) in [6.07, 6.45) is 2.52. The summed E-state index contributed by atoms with van der Waals surface area (Å²) in [5, 5.41) is 3.41. The summed E-state index contributed by atoms with van der Waals surface area (Å²) in [6.45, 7) is 7.26. The van der Waals surface area contributed by atoms with E-state index in [4.69, 9.17) is 4.74 Å². The van der Waals surface area contributed by atoms with Crippen LogP contribution in [0.4, 0.5) is 0 Å². The zero-order valence-corrected chi connectivity index (χ0v) is 11.5. The molecule has 1 heterocycles. The SMILES string of the molecule is CCOc1ccc(C2CCNCC2)c(C)c1.Cl. The zero-order chi connectivity index (χ0) is 11.4. The number of piperidine rings is 1. The smallest absolute Gasteiger partial charge is 0.119 e. The molecule has 17 heavy (non-hydrogen) atoms. The topological polar surface area (TPSA) is 21.3 Å². The highest BCUT2D eigenvalue weighted by molar-refractivity contribution is 5.85. The van der Waals surface area contributed by atoms with Crippen LogP contribution in [-0.4, -0.2) is 19.7 Å². The van der Waals surface area contributed by atoms with Crippen LogP contribution in [0.1, 0.15) is 36.8 Å². The van der Waals surface area contributed by atoms with Crippen molar-refractivity contribution in [2.75, 3.05) is 19.7 Å². The third kappa shape index (κ3) is 3.62. The van der Waals surface area contributed by atoms with Crippen molar-refractivity contribution in [1.82, 2.24) is 5.32 Å². The fourth-order valence-corrected chi connectivity index (χ4v) is 2.50. The Hall–Kier alpha value is -0.730. The van der Waals surface area contributed by atoms with Crippen LogP contribution in [0.25, 0.3) is 0 Å². The molecule has 2 nitrogen and oxygen atoms in total. The predicted molar refractivity (Wildman–Crippen MR) is 74.4 cm³/mol. The molecule has 0 atom stereocenters. The van der Waals surface area contributed by atoms with Gasteiger partial charge in [-0.2, -0.15) is 0 Å². The van der Waals surface area contributed by atoms with E-state index in [1.54, 1.807) is 0 Å². The van der Waals surface area contributed by atoms with Crippen LogP contribution < -0.4 is 10.1 Å². The van der Waals surface area contributed by atoms with E-state index >= 15 is 0 Å². The monoisotopic (exact) mass is 255 g/mol. The molecular formula is C14H22ClNO. The lowest BCUT2D eigenvalue weighted by Gasteiger charge is -2.24.